The maximum absolute atomic E-state index is 12.8. The Hall–Kier alpha value is -2.89. The minimum Gasteiger partial charge on any atom is -0.457 e. The Morgan fingerprint density at radius 2 is 1.00 bits per heavy atom. The molecule has 9 heteroatoms. The molecule has 0 aliphatic carbocycles. The van der Waals surface area contributed by atoms with E-state index in [1.54, 1.807) is 0 Å². The second-order valence-electron chi connectivity index (χ2n) is 15.8. The van der Waals surface area contributed by atoms with Gasteiger partial charge >= 0.3 is 5.97 Å². The Kier molecular flexibility index (Phi) is 39.0. The van der Waals surface area contributed by atoms with Gasteiger partial charge in [0.05, 0.1) is 19.8 Å². The summed E-state index contributed by atoms with van der Waals surface area (Å²) < 4.78 is 22.8. The lowest BCUT2D eigenvalue weighted by atomic mass is 9.99. The van der Waals surface area contributed by atoms with E-state index in [2.05, 4.69) is 111 Å². The van der Waals surface area contributed by atoms with E-state index in [1.165, 1.54) is 57.8 Å². The summed E-state index contributed by atoms with van der Waals surface area (Å²) in [5, 5.41) is 40.2. The number of aliphatic hydroxyl groups is 4. The van der Waals surface area contributed by atoms with E-state index in [0.717, 1.165) is 77.0 Å². The highest BCUT2D eigenvalue weighted by Crippen LogP contribution is 2.22. The van der Waals surface area contributed by atoms with Gasteiger partial charge in [-0.25, -0.2) is 0 Å². The number of unbranched alkanes of at least 4 members (excludes halogenated alkanes) is 12. The van der Waals surface area contributed by atoms with Crippen molar-refractivity contribution in [3.8, 4) is 0 Å². The number of hydrogen-bond donors (Lipinski definition) is 4. The molecule has 0 bridgehead atoms. The first-order valence-corrected chi connectivity index (χ1v) is 23.8. The summed E-state index contributed by atoms with van der Waals surface area (Å²) in [5.74, 6) is -0.377. The van der Waals surface area contributed by atoms with Gasteiger partial charge < -0.3 is 39.4 Å². The van der Waals surface area contributed by atoms with Crippen LogP contribution in [0.2, 0.25) is 0 Å². The summed E-state index contributed by atoms with van der Waals surface area (Å²) in [6.07, 6.45) is 51.5. The number of aliphatic hydroxyl groups excluding tert-OH is 4. The third-order valence-corrected chi connectivity index (χ3v) is 10.2. The van der Waals surface area contributed by atoms with Gasteiger partial charge in [-0.1, -0.05) is 162 Å². The van der Waals surface area contributed by atoms with Crippen LogP contribution in [0.25, 0.3) is 0 Å². The van der Waals surface area contributed by atoms with E-state index >= 15 is 0 Å². The normalized spacial score (nSPS) is 20.8. The van der Waals surface area contributed by atoms with Crippen molar-refractivity contribution in [2.45, 2.75) is 198 Å². The molecule has 4 N–H and O–H groups in total. The fourth-order valence-electron chi connectivity index (χ4n) is 6.53. The molecule has 0 spiro atoms. The molecule has 1 aliphatic rings. The van der Waals surface area contributed by atoms with Crippen molar-refractivity contribution < 1.29 is 44.2 Å². The number of carbonyl (C=O) groups is 1. The minimum absolute atomic E-state index is 0.111. The maximum Gasteiger partial charge on any atom is 0.306 e. The summed E-state index contributed by atoms with van der Waals surface area (Å²) in [4.78, 5) is 12.8. The standard InChI is InChI=1S/C52H86O9/c1-3-5-7-9-11-13-15-17-19-20-21-22-23-24-25-26-27-29-31-33-35-37-39-41-48(54)60-46(45-59-52-51(57)50(56)49(55)47(43-53)61-52)44-58-42-40-38-36-34-32-30-28-18-16-14-12-10-8-6-4-2/h5,7,11,13,16-19,21-22,24-25,27,29,33,35,46-47,49-53,55-57H,3-4,6,8-10,12,14-15,20,23,26,28,30-32,34,36-45H2,1-2H3/b7-5-,13-11-,18-16-,19-17-,22-21-,25-24-,29-27-,35-33-. The predicted octanol–water partition coefficient (Wildman–Crippen LogP) is 11.2. The van der Waals surface area contributed by atoms with Gasteiger partial charge in [-0.2, -0.15) is 0 Å². The van der Waals surface area contributed by atoms with Gasteiger partial charge in [-0.05, 0) is 89.9 Å². The molecule has 348 valence electrons. The van der Waals surface area contributed by atoms with Crippen molar-refractivity contribution in [2.24, 2.45) is 0 Å². The second-order valence-corrected chi connectivity index (χ2v) is 15.8. The van der Waals surface area contributed by atoms with Crippen LogP contribution < -0.4 is 0 Å². The lowest BCUT2D eigenvalue weighted by molar-refractivity contribution is -0.305. The van der Waals surface area contributed by atoms with Gasteiger partial charge in [-0.15, -0.1) is 0 Å². The zero-order valence-electron chi connectivity index (χ0n) is 38.1. The van der Waals surface area contributed by atoms with E-state index in [9.17, 15) is 25.2 Å². The largest absolute Gasteiger partial charge is 0.457 e. The minimum atomic E-state index is -1.55. The summed E-state index contributed by atoms with van der Waals surface area (Å²) in [7, 11) is 0. The van der Waals surface area contributed by atoms with Crippen LogP contribution in [0.4, 0.5) is 0 Å². The molecule has 6 atom stereocenters. The molecule has 1 aliphatic heterocycles. The number of allylic oxidation sites excluding steroid dienone is 16. The van der Waals surface area contributed by atoms with Crippen LogP contribution in [-0.4, -0.2) is 89.6 Å². The van der Waals surface area contributed by atoms with Gasteiger partial charge in [0.2, 0.25) is 0 Å². The lowest BCUT2D eigenvalue weighted by Crippen LogP contribution is -2.59. The Balaban J connectivity index is 2.31. The molecule has 0 radical (unpaired) electrons. The van der Waals surface area contributed by atoms with Crippen LogP contribution >= 0.6 is 0 Å². The van der Waals surface area contributed by atoms with Crippen molar-refractivity contribution in [3.63, 3.8) is 0 Å². The molecule has 0 aromatic heterocycles. The smallest absolute Gasteiger partial charge is 0.306 e. The van der Waals surface area contributed by atoms with Crippen LogP contribution in [0.3, 0.4) is 0 Å². The topological polar surface area (TPSA) is 135 Å². The maximum atomic E-state index is 12.8. The van der Waals surface area contributed by atoms with Crippen molar-refractivity contribution in [1.29, 1.82) is 0 Å². The third-order valence-electron chi connectivity index (χ3n) is 10.2. The monoisotopic (exact) mass is 855 g/mol. The van der Waals surface area contributed by atoms with E-state index in [1.807, 2.05) is 0 Å². The lowest BCUT2D eigenvalue weighted by Gasteiger charge is -2.39. The molecule has 1 fully saturated rings. The second kappa shape index (κ2) is 42.4. The molecule has 0 aromatic rings. The summed E-state index contributed by atoms with van der Waals surface area (Å²) in [6.45, 7) is 4.33. The summed E-state index contributed by atoms with van der Waals surface area (Å²) >= 11 is 0. The van der Waals surface area contributed by atoms with Crippen molar-refractivity contribution in [2.75, 3.05) is 26.4 Å². The molecule has 61 heavy (non-hydrogen) atoms. The molecule has 0 aromatic carbocycles. The van der Waals surface area contributed by atoms with Crippen LogP contribution in [-0.2, 0) is 23.7 Å². The Morgan fingerprint density at radius 1 is 0.541 bits per heavy atom. The Bertz CT molecular complexity index is 1250. The first-order chi connectivity index (χ1) is 29.9. The highest BCUT2D eigenvalue weighted by molar-refractivity contribution is 5.69. The van der Waals surface area contributed by atoms with E-state index in [0.29, 0.717) is 13.0 Å². The highest BCUT2D eigenvalue weighted by atomic mass is 16.7. The molecule has 6 unspecified atom stereocenters. The van der Waals surface area contributed by atoms with Crippen molar-refractivity contribution in [3.05, 3.63) is 97.2 Å². The fraction of sp³-hybridized carbons (Fsp3) is 0.673. The number of ether oxygens (including phenoxy) is 4. The fourth-order valence-corrected chi connectivity index (χ4v) is 6.53. The summed E-state index contributed by atoms with van der Waals surface area (Å²) in [5.41, 5.74) is 0. The zero-order valence-corrected chi connectivity index (χ0v) is 38.1. The molecule has 1 heterocycles. The first-order valence-electron chi connectivity index (χ1n) is 23.8. The van der Waals surface area contributed by atoms with Gasteiger partial charge in [0.1, 0.15) is 30.5 Å². The van der Waals surface area contributed by atoms with E-state index in [-0.39, 0.29) is 25.6 Å². The van der Waals surface area contributed by atoms with Crippen molar-refractivity contribution >= 4 is 5.97 Å². The van der Waals surface area contributed by atoms with Gasteiger partial charge in [0, 0.05) is 13.0 Å². The molecule has 9 nitrogen and oxygen atoms in total. The first kappa shape index (κ1) is 56.1. The van der Waals surface area contributed by atoms with Gasteiger partial charge in [0.25, 0.3) is 0 Å². The highest BCUT2D eigenvalue weighted by Gasteiger charge is 2.44. The van der Waals surface area contributed by atoms with E-state index in [4.69, 9.17) is 18.9 Å². The Labute approximate surface area is 371 Å². The molecular weight excluding hydrogens is 769 g/mol. The van der Waals surface area contributed by atoms with Gasteiger partial charge in [0.15, 0.2) is 6.29 Å². The SMILES string of the molecule is CC/C=C\C/C=C\C/C=C\C/C=C\C/C=C\C/C=C\C/C=C\CCCC(=O)OC(COCCCCCCCC/C=C\CCCCCCC)COC1OC(CO)C(O)C(O)C1O. The summed E-state index contributed by atoms with van der Waals surface area (Å²) in [6, 6.07) is 0. The average Bonchev–Trinajstić information content (AvgIpc) is 3.26. The number of hydrogen-bond acceptors (Lipinski definition) is 9. The zero-order chi connectivity index (χ0) is 44.3. The quantitative estimate of drug-likeness (QED) is 0.0271. The molecular formula is C52H86O9. The molecule has 0 amide bonds. The number of rotatable bonds is 39. The molecule has 1 rings (SSSR count). The number of carbonyl (C=O) groups excluding carboxylic acids is 1. The van der Waals surface area contributed by atoms with Crippen LogP contribution in [0, 0.1) is 0 Å². The number of esters is 1. The van der Waals surface area contributed by atoms with Crippen LogP contribution in [0.1, 0.15) is 162 Å². The third kappa shape index (κ3) is 33.4. The molecule has 0 saturated carbocycles. The van der Waals surface area contributed by atoms with Crippen molar-refractivity contribution in [1.82, 2.24) is 0 Å². The molecule has 1 saturated heterocycles. The predicted molar refractivity (Wildman–Crippen MR) is 251 cm³/mol. The Morgan fingerprint density at radius 3 is 1.52 bits per heavy atom. The average molecular weight is 855 g/mol. The van der Waals surface area contributed by atoms with Crippen LogP contribution in [0.15, 0.2) is 97.2 Å². The van der Waals surface area contributed by atoms with E-state index < -0.39 is 43.4 Å². The van der Waals surface area contributed by atoms with Crippen LogP contribution in [0.5, 0.6) is 0 Å². The van der Waals surface area contributed by atoms with Gasteiger partial charge in [-0.3, -0.25) is 4.79 Å².